The molecule has 4 rings (SSSR count). The van der Waals surface area contributed by atoms with Crippen LogP contribution in [0.2, 0.25) is 0 Å². The minimum Gasteiger partial charge on any atom is -0.496 e. The summed E-state index contributed by atoms with van der Waals surface area (Å²) in [6.45, 7) is 2.89. The van der Waals surface area contributed by atoms with Crippen LogP contribution in [0.15, 0.2) is 36.7 Å². The Morgan fingerprint density at radius 2 is 1.95 bits per heavy atom. The van der Waals surface area contributed by atoms with Gasteiger partial charge in [0.05, 0.1) is 24.5 Å². The van der Waals surface area contributed by atoms with Gasteiger partial charge < -0.3 is 9.30 Å². The first-order chi connectivity index (χ1) is 10.7. The second kappa shape index (κ2) is 5.16. The smallest absolute Gasteiger partial charge is 0.122 e. The highest BCUT2D eigenvalue weighted by atomic mass is 16.5. The van der Waals surface area contributed by atoms with Crippen LogP contribution in [-0.4, -0.2) is 16.7 Å². The maximum atomic E-state index is 5.43. The lowest BCUT2D eigenvalue weighted by Gasteiger charge is -2.09. The maximum Gasteiger partial charge on any atom is 0.122 e. The lowest BCUT2D eigenvalue weighted by atomic mass is 10.1. The van der Waals surface area contributed by atoms with Crippen LogP contribution in [0.1, 0.15) is 28.7 Å². The molecule has 0 fully saturated rings. The van der Waals surface area contributed by atoms with Crippen molar-refractivity contribution in [1.82, 2.24) is 9.55 Å². The van der Waals surface area contributed by atoms with Gasteiger partial charge in [0.1, 0.15) is 5.75 Å². The molecular weight excluding hydrogens is 272 g/mol. The maximum absolute atomic E-state index is 5.43. The first-order valence-electron chi connectivity index (χ1n) is 7.85. The van der Waals surface area contributed by atoms with Gasteiger partial charge >= 0.3 is 0 Å². The van der Waals surface area contributed by atoms with Crippen molar-refractivity contribution >= 4 is 11.0 Å². The summed E-state index contributed by atoms with van der Waals surface area (Å²) in [5.41, 5.74) is 7.73. The van der Waals surface area contributed by atoms with E-state index in [1.807, 2.05) is 6.33 Å². The summed E-state index contributed by atoms with van der Waals surface area (Å²) in [6, 6.07) is 11.0. The number of ether oxygens (including phenoxy) is 1. The molecular formula is C19H20N2O. The lowest BCUT2D eigenvalue weighted by molar-refractivity contribution is 0.411. The number of rotatable bonds is 3. The van der Waals surface area contributed by atoms with Gasteiger partial charge in [0.2, 0.25) is 0 Å². The van der Waals surface area contributed by atoms with Gasteiger partial charge in [-0.15, -0.1) is 0 Å². The minimum atomic E-state index is 0.825. The predicted molar refractivity (Wildman–Crippen MR) is 88.6 cm³/mol. The fourth-order valence-electron chi connectivity index (χ4n) is 3.41. The van der Waals surface area contributed by atoms with Crippen molar-refractivity contribution in [2.45, 2.75) is 32.7 Å². The van der Waals surface area contributed by atoms with E-state index in [0.29, 0.717) is 0 Å². The van der Waals surface area contributed by atoms with E-state index in [2.05, 4.69) is 46.8 Å². The fourth-order valence-corrected chi connectivity index (χ4v) is 3.41. The zero-order valence-electron chi connectivity index (χ0n) is 13.1. The Morgan fingerprint density at radius 1 is 1.14 bits per heavy atom. The second-order valence-electron chi connectivity index (χ2n) is 6.14. The van der Waals surface area contributed by atoms with E-state index >= 15 is 0 Å². The Labute approximate surface area is 130 Å². The Morgan fingerprint density at radius 3 is 2.77 bits per heavy atom. The molecule has 3 heteroatoms. The monoisotopic (exact) mass is 292 g/mol. The van der Waals surface area contributed by atoms with Gasteiger partial charge in [-0.1, -0.05) is 12.1 Å². The van der Waals surface area contributed by atoms with Gasteiger partial charge in [-0.25, -0.2) is 4.98 Å². The molecule has 0 unspecified atom stereocenters. The molecule has 0 N–H and O–H groups in total. The number of methoxy groups -OCH3 is 1. The highest BCUT2D eigenvalue weighted by Gasteiger charge is 2.14. The zero-order chi connectivity index (χ0) is 15.1. The Balaban J connectivity index is 1.72. The summed E-state index contributed by atoms with van der Waals surface area (Å²) in [7, 11) is 1.72. The van der Waals surface area contributed by atoms with E-state index in [4.69, 9.17) is 4.74 Å². The molecule has 0 saturated carbocycles. The molecule has 0 atom stereocenters. The third kappa shape index (κ3) is 2.17. The fraction of sp³-hybridized carbons (Fsp3) is 0.316. The Hall–Kier alpha value is -2.29. The normalized spacial score (nSPS) is 13.5. The molecule has 112 valence electrons. The number of benzene rings is 2. The van der Waals surface area contributed by atoms with Crippen molar-refractivity contribution in [1.29, 1.82) is 0 Å². The van der Waals surface area contributed by atoms with Crippen molar-refractivity contribution in [2.75, 3.05) is 7.11 Å². The molecule has 0 radical (unpaired) electrons. The number of nitrogens with zero attached hydrogens (tertiary/aromatic N) is 2. The SMILES string of the molecule is COc1cc(Cn2cnc3cc4c(cc32)CCC4)ccc1C. The van der Waals surface area contributed by atoms with Gasteiger partial charge in [-0.3, -0.25) is 0 Å². The number of aryl methyl sites for hydroxylation is 3. The van der Waals surface area contributed by atoms with Gasteiger partial charge in [-0.05, 0) is 66.6 Å². The van der Waals surface area contributed by atoms with Crippen LogP contribution in [0.4, 0.5) is 0 Å². The number of hydrogen-bond acceptors (Lipinski definition) is 2. The van der Waals surface area contributed by atoms with Gasteiger partial charge in [0.15, 0.2) is 0 Å². The topological polar surface area (TPSA) is 27.1 Å². The summed E-state index contributed by atoms with van der Waals surface area (Å²) in [6.07, 6.45) is 5.63. The number of aromatic nitrogens is 2. The molecule has 1 aliphatic carbocycles. The van der Waals surface area contributed by atoms with Crippen molar-refractivity contribution in [3.63, 3.8) is 0 Å². The van der Waals surface area contributed by atoms with Gasteiger partial charge in [0.25, 0.3) is 0 Å². The van der Waals surface area contributed by atoms with Crippen LogP contribution in [0.3, 0.4) is 0 Å². The van der Waals surface area contributed by atoms with E-state index in [1.165, 1.54) is 47.0 Å². The van der Waals surface area contributed by atoms with Crippen LogP contribution < -0.4 is 4.74 Å². The lowest BCUT2D eigenvalue weighted by Crippen LogP contribution is -1.99. The average molecular weight is 292 g/mol. The average Bonchev–Trinajstić information content (AvgIpc) is 3.13. The van der Waals surface area contributed by atoms with E-state index in [1.54, 1.807) is 7.11 Å². The van der Waals surface area contributed by atoms with Gasteiger partial charge in [-0.2, -0.15) is 0 Å². The Kier molecular flexibility index (Phi) is 3.14. The molecule has 0 saturated heterocycles. The van der Waals surface area contributed by atoms with E-state index < -0.39 is 0 Å². The molecule has 1 aliphatic rings. The Bertz CT molecular complexity index is 848. The highest BCUT2D eigenvalue weighted by Crippen LogP contribution is 2.27. The van der Waals surface area contributed by atoms with E-state index in [-0.39, 0.29) is 0 Å². The molecule has 1 aromatic heterocycles. The summed E-state index contributed by atoms with van der Waals surface area (Å²) in [5.74, 6) is 0.947. The van der Waals surface area contributed by atoms with Crippen molar-refractivity contribution in [2.24, 2.45) is 0 Å². The van der Waals surface area contributed by atoms with Gasteiger partial charge in [0, 0.05) is 6.54 Å². The minimum absolute atomic E-state index is 0.825. The molecule has 0 bridgehead atoms. The molecule has 3 nitrogen and oxygen atoms in total. The summed E-state index contributed by atoms with van der Waals surface area (Å²) < 4.78 is 7.66. The summed E-state index contributed by atoms with van der Waals surface area (Å²) in [4.78, 5) is 4.58. The summed E-state index contributed by atoms with van der Waals surface area (Å²) in [5, 5.41) is 0. The largest absolute Gasteiger partial charge is 0.496 e. The quantitative estimate of drug-likeness (QED) is 0.732. The van der Waals surface area contributed by atoms with Crippen LogP contribution >= 0.6 is 0 Å². The standard InChI is InChI=1S/C19H20N2O/c1-13-6-7-14(8-19(13)22-2)11-21-12-20-17-9-15-4-3-5-16(15)10-18(17)21/h6-10,12H,3-5,11H2,1-2H3. The first-order valence-corrected chi connectivity index (χ1v) is 7.85. The third-order valence-corrected chi connectivity index (χ3v) is 4.66. The number of hydrogen-bond donors (Lipinski definition) is 0. The van der Waals surface area contributed by atoms with Crippen molar-refractivity contribution in [3.8, 4) is 5.75 Å². The van der Waals surface area contributed by atoms with E-state index in [9.17, 15) is 0 Å². The van der Waals surface area contributed by atoms with Crippen molar-refractivity contribution in [3.05, 3.63) is 58.9 Å². The summed E-state index contributed by atoms with van der Waals surface area (Å²) >= 11 is 0. The molecule has 0 amide bonds. The molecule has 1 heterocycles. The van der Waals surface area contributed by atoms with Crippen LogP contribution in [-0.2, 0) is 19.4 Å². The molecule has 22 heavy (non-hydrogen) atoms. The first kappa shape index (κ1) is 13.4. The van der Waals surface area contributed by atoms with Crippen LogP contribution in [0.25, 0.3) is 11.0 Å². The van der Waals surface area contributed by atoms with E-state index in [0.717, 1.165) is 17.8 Å². The van der Waals surface area contributed by atoms with Crippen LogP contribution in [0.5, 0.6) is 5.75 Å². The molecule has 2 aromatic carbocycles. The zero-order valence-corrected chi connectivity index (χ0v) is 13.1. The second-order valence-corrected chi connectivity index (χ2v) is 6.14. The number of imidazole rings is 1. The molecule has 3 aromatic rings. The highest BCUT2D eigenvalue weighted by molar-refractivity contribution is 5.78. The molecule has 0 spiro atoms. The molecule has 0 aliphatic heterocycles. The predicted octanol–water partition coefficient (Wildman–Crippen LogP) is 3.89. The third-order valence-electron chi connectivity index (χ3n) is 4.66. The van der Waals surface area contributed by atoms with Crippen molar-refractivity contribution < 1.29 is 4.74 Å². The van der Waals surface area contributed by atoms with Crippen LogP contribution in [0, 0.1) is 6.92 Å². The number of fused-ring (bicyclic) bond motifs is 2.